The lowest BCUT2D eigenvalue weighted by Gasteiger charge is -2.46. The van der Waals surface area contributed by atoms with Crippen molar-refractivity contribution in [1.29, 1.82) is 0 Å². The molecule has 2 N–H and O–H groups in total. The second-order valence-corrected chi connectivity index (χ2v) is 6.21. The SMILES string of the molecule is CC1CN(C(c2cccnc2)C(C)N)CC(C)(C)O1. The fraction of sp³-hybridized carbons (Fsp3) is 0.667. The van der Waals surface area contributed by atoms with Gasteiger partial charge in [-0.2, -0.15) is 0 Å². The molecule has 1 saturated heterocycles. The second kappa shape index (κ2) is 5.57. The smallest absolute Gasteiger partial charge is 0.0757 e. The number of nitrogens with zero attached hydrogens (tertiary/aromatic N) is 2. The van der Waals surface area contributed by atoms with Gasteiger partial charge in [0.15, 0.2) is 0 Å². The molecule has 1 fully saturated rings. The molecule has 0 saturated carbocycles. The first-order chi connectivity index (χ1) is 8.89. The highest BCUT2D eigenvalue weighted by atomic mass is 16.5. The zero-order valence-electron chi connectivity index (χ0n) is 12.3. The van der Waals surface area contributed by atoms with Gasteiger partial charge in [0.25, 0.3) is 0 Å². The van der Waals surface area contributed by atoms with E-state index in [4.69, 9.17) is 10.5 Å². The molecule has 3 unspecified atom stereocenters. The maximum Gasteiger partial charge on any atom is 0.0757 e. The van der Waals surface area contributed by atoms with Crippen LogP contribution in [0.15, 0.2) is 24.5 Å². The van der Waals surface area contributed by atoms with Crippen LogP contribution in [-0.4, -0.2) is 40.7 Å². The van der Waals surface area contributed by atoms with E-state index in [1.165, 1.54) is 5.56 Å². The normalized spacial score (nSPS) is 26.9. The Balaban J connectivity index is 2.25. The number of morpholine rings is 1. The summed E-state index contributed by atoms with van der Waals surface area (Å²) in [6.07, 6.45) is 3.94. The molecule has 4 nitrogen and oxygen atoms in total. The number of aromatic nitrogens is 1. The Kier molecular flexibility index (Phi) is 4.23. The molecule has 1 aliphatic heterocycles. The maximum absolute atomic E-state index is 6.22. The Bertz CT molecular complexity index is 405. The maximum atomic E-state index is 6.22. The summed E-state index contributed by atoms with van der Waals surface area (Å²) in [6.45, 7) is 10.2. The number of nitrogens with two attached hydrogens (primary N) is 1. The summed E-state index contributed by atoms with van der Waals surface area (Å²) in [5.74, 6) is 0. The van der Waals surface area contributed by atoms with Gasteiger partial charge in [0, 0.05) is 31.5 Å². The number of hydrogen-bond acceptors (Lipinski definition) is 4. The fourth-order valence-electron chi connectivity index (χ4n) is 3.11. The van der Waals surface area contributed by atoms with Gasteiger partial charge in [0.2, 0.25) is 0 Å². The molecule has 0 amide bonds. The third-order valence-corrected chi connectivity index (χ3v) is 3.51. The largest absolute Gasteiger partial charge is 0.370 e. The molecule has 2 rings (SSSR count). The molecule has 2 heterocycles. The van der Waals surface area contributed by atoms with E-state index in [2.05, 4.69) is 43.6 Å². The zero-order valence-corrected chi connectivity index (χ0v) is 12.3. The van der Waals surface area contributed by atoms with Gasteiger partial charge in [-0.15, -0.1) is 0 Å². The molecule has 1 aromatic heterocycles. The molecule has 4 heteroatoms. The first kappa shape index (κ1) is 14.4. The van der Waals surface area contributed by atoms with E-state index in [1.54, 1.807) is 6.20 Å². The van der Waals surface area contributed by atoms with Crippen molar-refractivity contribution < 1.29 is 4.74 Å². The topological polar surface area (TPSA) is 51.4 Å². The number of ether oxygens (including phenoxy) is 1. The van der Waals surface area contributed by atoms with Crippen molar-refractivity contribution in [2.45, 2.75) is 51.5 Å². The standard InChI is InChI=1S/C15H25N3O/c1-11-9-18(10-15(3,4)19-11)14(12(2)16)13-6-5-7-17-8-13/h5-8,11-12,14H,9-10,16H2,1-4H3. The van der Waals surface area contributed by atoms with Crippen LogP contribution in [0.3, 0.4) is 0 Å². The lowest BCUT2D eigenvalue weighted by Crippen LogP contribution is -2.55. The van der Waals surface area contributed by atoms with Gasteiger partial charge < -0.3 is 10.5 Å². The summed E-state index contributed by atoms with van der Waals surface area (Å²) >= 11 is 0. The quantitative estimate of drug-likeness (QED) is 0.906. The van der Waals surface area contributed by atoms with Crippen LogP contribution in [0, 0.1) is 0 Å². The van der Waals surface area contributed by atoms with Crippen LogP contribution in [-0.2, 0) is 4.74 Å². The van der Waals surface area contributed by atoms with Gasteiger partial charge in [0.05, 0.1) is 17.7 Å². The molecule has 3 atom stereocenters. The van der Waals surface area contributed by atoms with E-state index in [-0.39, 0.29) is 23.8 Å². The molecule has 0 aromatic carbocycles. The summed E-state index contributed by atoms with van der Waals surface area (Å²) in [4.78, 5) is 6.65. The van der Waals surface area contributed by atoms with Crippen LogP contribution < -0.4 is 5.73 Å². The van der Waals surface area contributed by atoms with Gasteiger partial charge >= 0.3 is 0 Å². The second-order valence-electron chi connectivity index (χ2n) is 6.21. The number of hydrogen-bond donors (Lipinski definition) is 1. The van der Waals surface area contributed by atoms with E-state index >= 15 is 0 Å². The van der Waals surface area contributed by atoms with Crippen LogP contribution in [0.2, 0.25) is 0 Å². The predicted molar refractivity (Wildman–Crippen MR) is 76.8 cm³/mol. The third-order valence-electron chi connectivity index (χ3n) is 3.51. The average Bonchev–Trinajstić information content (AvgIpc) is 2.27. The van der Waals surface area contributed by atoms with Gasteiger partial charge in [-0.3, -0.25) is 9.88 Å². The van der Waals surface area contributed by atoms with Crippen molar-refractivity contribution in [3.63, 3.8) is 0 Å². The first-order valence-corrected chi connectivity index (χ1v) is 6.96. The molecule has 1 aliphatic rings. The van der Waals surface area contributed by atoms with E-state index in [0.717, 1.165) is 13.1 Å². The Morgan fingerprint density at radius 1 is 1.53 bits per heavy atom. The average molecular weight is 263 g/mol. The lowest BCUT2D eigenvalue weighted by atomic mass is 9.96. The highest BCUT2D eigenvalue weighted by Gasteiger charge is 2.36. The Hall–Kier alpha value is -0.970. The van der Waals surface area contributed by atoms with Crippen LogP contribution in [0.25, 0.3) is 0 Å². The number of rotatable bonds is 3. The molecule has 0 radical (unpaired) electrons. The Morgan fingerprint density at radius 3 is 2.79 bits per heavy atom. The molecule has 1 aromatic rings. The van der Waals surface area contributed by atoms with Crippen LogP contribution in [0.1, 0.15) is 39.3 Å². The molecule has 0 bridgehead atoms. The van der Waals surface area contributed by atoms with Crippen molar-refractivity contribution in [3.05, 3.63) is 30.1 Å². The van der Waals surface area contributed by atoms with Gasteiger partial charge in [-0.05, 0) is 39.3 Å². The van der Waals surface area contributed by atoms with Crippen molar-refractivity contribution >= 4 is 0 Å². The molecule has 0 aliphatic carbocycles. The molecule has 0 spiro atoms. The third kappa shape index (κ3) is 3.53. The van der Waals surface area contributed by atoms with E-state index in [9.17, 15) is 0 Å². The van der Waals surface area contributed by atoms with E-state index < -0.39 is 0 Å². The minimum absolute atomic E-state index is 0.0605. The molecular weight excluding hydrogens is 238 g/mol. The van der Waals surface area contributed by atoms with E-state index in [0.29, 0.717) is 0 Å². The van der Waals surface area contributed by atoms with Gasteiger partial charge in [-0.25, -0.2) is 0 Å². The predicted octanol–water partition coefficient (Wildman–Crippen LogP) is 1.97. The molecular formula is C15H25N3O. The van der Waals surface area contributed by atoms with Crippen LogP contribution in [0.4, 0.5) is 0 Å². The molecule has 106 valence electrons. The minimum Gasteiger partial charge on any atom is -0.370 e. The van der Waals surface area contributed by atoms with Gasteiger partial charge in [0.1, 0.15) is 0 Å². The summed E-state index contributed by atoms with van der Waals surface area (Å²) in [7, 11) is 0. The monoisotopic (exact) mass is 263 g/mol. The minimum atomic E-state index is -0.132. The highest BCUT2D eigenvalue weighted by molar-refractivity contribution is 5.16. The molecule has 19 heavy (non-hydrogen) atoms. The first-order valence-electron chi connectivity index (χ1n) is 6.96. The lowest BCUT2D eigenvalue weighted by molar-refractivity contribution is -0.140. The Labute approximate surface area is 116 Å². The van der Waals surface area contributed by atoms with Crippen molar-refractivity contribution in [3.8, 4) is 0 Å². The summed E-state index contributed by atoms with van der Waals surface area (Å²) in [5.41, 5.74) is 7.27. The zero-order chi connectivity index (χ0) is 14.0. The van der Waals surface area contributed by atoms with E-state index in [1.807, 2.05) is 12.3 Å². The summed E-state index contributed by atoms with van der Waals surface area (Å²) in [5, 5.41) is 0. The summed E-state index contributed by atoms with van der Waals surface area (Å²) < 4.78 is 5.97. The van der Waals surface area contributed by atoms with Crippen molar-refractivity contribution in [1.82, 2.24) is 9.88 Å². The van der Waals surface area contributed by atoms with Gasteiger partial charge in [-0.1, -0.05) is 6.07 Å². The number of pyridine rings is 1. The highest BCUT2D eigenvalue weighted by Crippen LogP contribution is 2.30. The van der Waals surface area contributed by atoms with Crippen molar-refractivity contribution in [2.24, 2.45) is 5.73 Å². The van der Waals surface area contributed by atoms with Crippen LogP contribution >= 0.6 is 0 Å². The summed E-state index contributed by atoms with van der Waals surface area (Å²) in [6, 6.07) is 4.33. The van der Waals surface area contributed by atoms with Crippen LogP contribution in [0.5, 0.6) is 0 Å². The van der Waals surface area contributed by atoms with Crippen molar-refractivity contribution in [2.75, 3.05) is 13.1 Å². The Morgan fingerprint density at radius 2 is 2.26 bits per heavy atom. The fourth-order valence-corrected chi connectivity index (χ4v) is 3.11.